The van der Waals surface area contributed by atoms with Crippen molar-refractivity contribution in [3.63, 3.8) is 0 Å². The van der Waals surface area contributed by atoms with Crippen LogP contribution in [0.4, 0.5) is 16.2 Å². The summed E-state index contributed by atoms with van der Waals surface area (Å²) in [6, 6.07) is 19.9. The highest BCUT2D eigenvalue weighted by molar-refractivity contribution is 6.04. The molecule has 2 heterocycles. The summed E-state index contributed by atoms with van der Waals surface area (Å²) in [4.78, 5) is 32.7. The number of anilines is 2. The lowest BCUT2D eigenvalue weighted by atomic mass is 10.1. The first-order valence-corrected chi connectivity index (χ1v) is 10.8. The van der Waals surface area contributed by atoms with Crippen molar-refractivity contribution in [2.45, 2.75) is 6.54 Å². The van der Waals surface area contributed by atoms with Gasteiger partial charge in [-0.15, -0.1) is 0 Å². The van der Waals surface area contributed by atoms with Crippen LogP contribution in [-0.2, 0) is 11.3 Å². The number of carbonyl (C=O) groups excluding carboxylic acids is 2. The maximum absolute atomic E-state index is 12.6. The Kier molecular flexibility index (Phi) is 7.29. The molecule has 3 aromatic rings. The van der Waals surface area contributed by atoms with Crippen molar-refractivity contribution in [3.05, 3.63) is 84.1 Å². The Morgan fingerprint density at radius 2 is 1.76 bits per heavy atom. The molecular formula is C25H26N4O4. The van der Waals surface area contributed by atoms with Crippen LogP contribution < -0.4 is 15.0 Å². The summed E-state index contributed by atoms with van der Waals surface area (Å²) in [5.41, 5.74) is 2.93. The standard InChI is InChI=1S/C25H26N4O4/c1-28(22-5-3-2-4-6-22)25(31)33-23-12-11-21(17-26-23)27-24(30)20-9-7-19(8-10-20)18-29-13-15-32-16-14-29/h2-12,17H,13-16,18H2,1H3,(H,27,30). The number of pyridine rings is 1. The van der Waals surface area contributed by atoms with Crippen LogP contribution >= 0.6 is 0 Å². The molecule has 1 aliphatic heterocycles. The first-order chi connectivity index (χ1) is 16.1. The van der Waals surface area contributed by atoms with E-state index in [2.05, 4.69) is 15.2 Å². The van der Waals surface area contributed by atoms with E-state index in [4.69, 9.17) is 9.47 Å². The molecule has 2 amide bonds. The lowest BCUT2D eigenvalue weighted by Crippen LogP contribution is -2.35. The first kappa shape index (κ1) is 22.4. The second kappa shape index (κ2) is 10.7. The van der Waals surface area contributed by atoms with Gasteiger partial charge < -0.3 is 14.8 Å². The van der Waals surface area contributed by atoms with Gasteiger partial charge in [0.2, 0.25) is 5.88 Å². The van der Waals surface area contributed by atoms with Gasteiger partial charge in [0.25, 0.3) is 5.91 Å². The molecule has 0 atom stereocenters. The number of benzene rings is 2. The Hall–Kier alpha value is -3.75. The molecule has 0 unspecified atom stereocenters. The van der Waals surface area contributed by atoms with Gasteiger partial charge in [0.1, 0.15) is 0 Å². The van der Waals surface area contributed by atoms with Gasteiger partial charge in [0, 0.05) is 44.0 Å². The number of aromatic nitrogens is 1. The Balaban J connectivity index is 1.30. The van der Waals surface area contributed by atoms with Gasteiger partial charge in [-0.2, -0.15) is 0 Å². The molecule has 0 spiro atoms. The number of rotatable bonds is 6. The van der Waals surface area contributed by atoms with E-state index in [1.165, 1.54) is 17.2 Å². The van der Waals surface area contributed by atoms with Crippen molar-refractivity contribution in [2.75, 3.05) is 43.6 Å². The van der Waals surface area contributed by atoms with E-state index >= 15 is 0 Å². The summed E-state index contributed by atoms with van der Waals surface area (Å²) in [6.45, 7) is 4.20. The molecule has 1 aliphatic rings. The van der Waals surface area contributed by atoms with Crippen molar-refractivity contribution in [1.29, 1.82) is 0 Å². The van der Waals surface area contributed by atoms with Crippen LogP contribution in [-0.4, -0.2) is 55.2 Å². The van der Waals surface area contributed by atoms with E-state index in [-0.39, 0.29) is 11.8 Å². The topological polar surface area (TPSA) is 84.0 Å². The predicted molar refractivity (Wildman–Crippen MR) is 126 cm³/mol. The van der Waals surface area contributed by atoms with E-state index in [9.17, 15) is 9.59 Å². The van der Waals surface area contributed by atoms with Crippen LogP contribution in [0.1, 0.15) is 15.9 Å². The Bertz CT molecular complexity index is 1070. The van der Waals surface area contributed by atoms with Crippen LogP contribution in [0.25, 0.3) is 0 Å². The average Bonchev–Trinajstić information content (AvgIpc) is 2.86. The normalized spacial score (nSPS) is 13.8. The molecule has 0 saturated carbocycles. The molecule has 33 heavy (non-hydrogen) atoms. The molecule has 0 radical (unpaired) electrons. The van der Waals surface area contributed by atoms with Gasteiger partial charge in [0.15, 0.2) is 0 Å². The third-order valence-electron chi connectivity index (χ3n) is 5.33. The molecule has 170 valence electrons. The summed E-state index contributed by atoms with van der Waals surface area (Å²) >= 11 is 0. The zero-order valence-corrected chi connectivity index (χ0v) is 18.4. The van der Waals surface area contributed by atoms with Crippen molar-refractivity contribution < 1.29 is 19.1 Å². The van der Waals surface area contributed by atoms with Crippen molar-refractivity contribution in [2.24, 2.45) is 0 Å². The first-order valence-electron chi connectivity index (χ1n) is 10.8. The maximum atomic E-state index is 12.6. The van der Waals surface area contributed by atoms with Crippen LogP contribution in [0.15, 0.2) is 72.9 Å². The molecular weight excluding hydrogens is 420 g/mol. The third kappa shape index (κ3) is 6.15. The minimum atomic E-state index is -0.553. The molecule has 1 N–H and O–H groups in total. The third-order valence-corrected chi connectivity index (χ3v) is 5.33. The fraction of sp³-hybridized carbons (Fsp3) is 0.240. The SMILES string of the molecule is CN(C(=O)Oc1ccc(NC(=O)c2ccc(CN3CCOCC3)cc2)cn1)c1ccccc1. The highest BCUT2D eigenvalue weighted by Gasteiger charge is 2.15. The summed E-state index contributed by atoms with van der Waals surface area (Å²) in [7, 11) is 1.62. The lowest BCUT2D eigenvalue weighted by Gasteiger charge is -2.26. The second-order valence-electron chi connectivity index (χ2n) is 7.69. The fourth-order valence-corrected chi connectivity index (χ4v) is 3.41. The molecule has 8 heteroatoms. The number of carbonyl (C=O) groups is 2. The van der Waals surface area contributed by atoms with Crippen molar-refractivity contribution in [1.82, 2.24) is 9.88 Å². The summed E-state index contributed by atoms with van der Waals surface area (Å²) in [5, 5.41) is 2.81. The summed E-state index contributed by atoms with van der Waals surface area (Å²) in [5.74, 6) is -0.0866. The smallest absolute Gasteiger partial charge is 0.391 e. The van der Waals surface area contributed by atoms with Crippen molar-refractivity contribution in [3.8, 4) is 5.88 Å². The summed E-state index contributed by atoms with van der Waals surface area (Å²) in [6.07, 6.45) is 0.901. The maximum Gasteiger partial charge on any atom is 0.420 e. The van der Waals surface area contributed by atoms with Gasteiger partial charge in [-0.3, -0.25) is 14.6 Å². The largest absolute Gasteiger partial charge is 0.420 e. The van der Waals surface area contributed by atoms with Gasteiger partial charge >= 0.3 is 6.09 Å². The van der Waals surface area contributed by atoms with Crippen LogP contribution in [0.3, 0.4) is 0 Å². The fourth-order valence-electron chi connectivity index (χ4n) is 3.41. The van der Waals surface area contributed by atoms with Gasteiger partial charge in [-0.05, 0) is 35.9 Å². The quantitative estimate of drug-likeness (QED) is 0.620. The zero-order chi connectivity index (χ0) is 23.0. The number of morpholine rings is 1. The number of nitrogens with zero attached hydrogens (tertiary/aromatic N) is 3. The number of ether oxygens (including phenoxy) is 2. The molecule has 4 rings (SSSR count). The molecule has 1 aromatic heterocycles. The highest BCUT2D eigenvalue weighted by Crippen LogP contribution is 2.17. The van der Waals surface area contributed by atoms with E-state index in [0.717, 1.165) is 38.4 Å². The van der Waals surface area contributed by atoms with E-state index in [1.54, 1.807) is 13.1 Å². The highest BCUT2D eigenvalue weighted by atomic mass is 16.6. The minimum Gasteiger partial charge on any atom is -0.391 e. The average molecular weight is 447 g/mol. The molecule has 0 aliphatic carbocycles. The summed E-state index contributed by atoms with van der Waals surface area (Å²) < 4.78 is 10.7. The van der Waals surface area contributed by atoms with Crippen LogP contribution in [0.5, 0.6) is 5.88 Å². The van der Waals surface area contributed by atoms with E-state index < -0.39 is 6.09 Å². The number of nitrogens with one attached hydrogen (secondary N) is 1. The van der Waals surface area contributed by atoms with Gasteiger partial charge in [-0.1, -0.05) is 30.3 Å². The monoisotopic (exact) mass is 446 g/mol. The van der Waals surface area contributed by atoms with Gasteiger partial charge in [-0.25, -0.2) is 9.78 Å². The predicted octanol–water partition coefficient (Wildman–Crippen LogP) is 3.80. The van der Waals surface area contributed by atoms with Crippen molar-refractivity contribution >= 4 is 23.4 Å². The minimum absolute atomic E-state index is 0.147. The zero-order valence-electron chi connectivity index (χ0n) is 18.4. The van der Waals surface area contributed by atoms with E-state index in [1.807, 2.05) is 54.6 Å². The molecule has 8 nitrogen and oxygen atoms in total. The Morgan fingerprint density at radius 1 is 1.03 bits per heavy atom. The molecule has 1 fully saturated rings. The Labute approximate surface area is 192 Å². The molecule has 1 saturated heterocycles. The van der Waals surface area contributed by atoms with Crippen LogP contribution in [0.2, 0.25) is 0 Å². The number of para-hydroxylation sites is 1. The van der Waals surface area contributed by atoms with Crippen LogP contribution in [0, 0.1) is 0 Å². The number of hydrogen-bond acceptors (Lipinski definition) is 6. The molecule has 0 bridgehead atoms. The van der Waals surface area contributed by atoms with Gasteiger partial charge in [0.05, 0.1) is 25.1 Å². The number of amides is 2. The lowest BCUT2D eigenvalue weighted by molar-refractivity contribution is 0.0342. The van der Waals surface area contributed by atoms with E-state index in [0.29, 0.717) is 16.9 Å². The number of hydrogen-bond donors (Lipinski definition) is 1. The Morgan fingerprint density at radius 3 is 2.42 bits per heavy atom. The second-order valence-corrected chi connectivity index (χ2v) is 7.69. The molecule has 2 aromatic carbocycles.